The van der Waals surface area contributed by atoms with Gasteiger partial charge in [0.15, 0.2) is 24.3 Å². The van der Waals surface area contributed by atoms with Crippen LogP contribution in [0.2, 0.25) is 0 Å². The molecule has 1 rings (SSSR count). The lowest BCUT2D eigenvalue weighted by Gasteiger charge is -2.22. The van der Waals surface area contributed by atoms with Crippen LogP contribution in [0.25, 0.3) is 0 Å². The molecule has 0 bridgehead atoms. The summed E-state index contributed by atoms with van der Waals surface area (Å²) in [6.07, 6.45) is 1.03. The first kappa shape index (κ1) is 12.9. The molecule has 0 radical (unpaired) electrons. The molecule has 1 N–H and O–H groups in total. The van der Waals surface area contributed by atoms with Crippen molar-refractivity contribution < 1.29 is 16.8 Å². The summed E-state index contributed by atoms with van der Waals surface area (Å²) in [5, 5.41) is 2.87. The molecule has 0 amide bonds. The molecule has 1 heterocycles. The second kappa shape index (κ2) is 4.80. The maximum Gasteiger partial charge on any atom is 0.167 e. The minimum atomic E-state index is -3.43. The topological polar surface area (TPSA) is 80.3 Å². The van der Waals surface area contributed by atoms with E-state index in [0.717, 1.165) is 0 Å². The fourth-order valence-electron chi connectivity index (χ4n) is 1.75. The van der Waals surface area contributed by atoms with Crippen LogP contribution < -0.4 is 5.32 Å². The van der Waals surface area contributed by atoms with Crippen molar-refractivity contribution in [1.29, 1.82) is 0 Å². The smallest absolute Gasteiger partial charge is 0.167 e. The average Bonchev–Trinajstić information content (AvgIpc) is 2.09. The lowest BCUT2D eigenvalue weighted by atomic mass is 10.3. The van der Waals surface area contributed by atoms with E-state index in [4.69, 9.17) is 0 Å². The predicted octanol–water partition coefficient (Wildman–Crippen LogP) is -0.455. The highest BCUT2D eigenvalue weighted by molar-refractivity contribution is 8.09. The van der Waals surface area contributed by atoms with Crippen molar-refractivity contribution >= 4 is 19.7 Å². The van der Waals surface area contributed by atoms with Gasteiger partial charge in [0.2, 0.25) is 0 Å². The summed E-state index contributed by atoms with van der Waals surface area (Å²) < 4.78 is 45.2. The summed E-state index contributed by atoms with van der Waals surface area (Å²) in [5.74, 6) is 0.0207. The lowest BCUT2D eigenvalue weighted by molar-refractivity contribution is 0.554. The van der Waals surface area contributed by atoms with Gasteiger partial charge in [0.05, 0.1) is 11.5 Å². The van der Waals surface area contributed by atoms with Crippen LogP contribution in [-0.4, -0.2) is 46.5 Å². The number of rotatable bonds is 4. The van der Waals surface area contributed by atoms with Crippen molar-refractivity contribution in [2.75, 3.05) is 25.1 Å². The van der Waals surface area contributed by atoms with Crippen LogP contribution in [0.5, 0.6) is 0 Å². The first-order valence-electron chi connectivity index (χ1n) is 4.98. The van der Waals surface area contributed by atoms with Crippen molar-refractivity contribution in [3.05, 3.63) is 0 Å². The van der Waals surface area contributed by atoms with Crippen LogP contribution in [0.15, 0.2) is 0 Å². The zero-order valence-corrected chi connectivity index (χ0v) is 10.4. The third-order valence-corrected chi connectivity index (χ3v) is 8.07. The minimum absolute atomic E-state index is 0.0104. The maximum atomic E-state index is 11.6. The van der Waals surface area contributed by atoms with Gasteiger partial charge in [-0.1, -0.05) is 0 Å². The lowest BCUT2D eigenvalue weighted by Crippen LogP contribution is -2.39. The molecular formula is C8H17NO4S2. The largest absolute Gasteiger partial charge is 0.320 e. The van der Waals surface area contributed by atoms with Crippen LogP contribution >= 0.6 is 0 Å². The van der Waals surface area contributed by atoms with Gasteiger partial charge in [0.25, 0.3) is 0 Å². The van der Waals surface area contributed by atoms with Crippen molar-refractivity contribution in [3.8, 4) is 0 Å². The van der Waals surface area contributed by atoms with Gasteiger partial charge in [-0.25, -0.2) is 16.8 Å². The highest BCUT2D eigenvalue weighted by Crippen LogP contribution is 2.23. The van der Waals surface area contributed by atoms with Gasteiger partial charge in [-0.3, -0.25) is 0 Å². The molecule has 0 aromatic carbocycles. The van der Waals surface area contributed by atoms with Crippen molar-refractivity contribution in [2.45, 2.75) is 23.8 Å². The van der Waals surface area contributed by atoms with E-state index in [-0.39, 0.29) is 24.3 Å². The van der Waals surface area contributed by atoms with E-state index in [0.29, 0.717) is 13.0 Å². The number of hydrogen-bond acceptors (Lipinski definition) is 5. The molecule has 5 nitrogen and oxygen atoms in total. The van der Waals surface area contributed by atoms with Crippen LogP contribution in [0.4, 0.5) is 0 Å². The van der Waals surface area contributed by atoms with Gasteiger partial charge in [0, 0.05) is 0 Å². The summed E-state index contributed by atoms with van der Waals surface area (Å²) in [7, 11) is -5.10. The van der Waals surface area contributed by atoms with Crippen molar-refractivity contribution in [3.63, 3.8) is 0 Å². The van der Waals surface area contributed by atoms with E-state index >= 15 is 0 Å². The Morgan fingerprint density at radius 1 is 1.13 bits per heavy atom. The van der Waals surface area contributed by atoms with Crippen LogP contribution in [-0.2, 0) is 19.7 Å². The van der Waals surface area contributed by atoms with Gasteiger partial charge >= 0.3 is 0 Å². The molecule has 7 heteroatoms. The van der Waals surface area contributed by atoms with Gasteiger partial charge in [-0.15, -0.1) is 0 Å². The first-order chi connectivity index (χ1) is 6.90. The Hall–Kier alpha value is -0.140. The molecule has 1 saturated heterocycles. The zero-order valence-electron chi connectivity index (χ0n) is 8.77. The standard InChI is InChI=1S/C8H17NO4S2/c1-9-5-2-4-8-14(10,11)6-3-7-15(8,12)13/h8-9H,2-7H2,1H3. The molecule has 1 fully saturated rings. The molecule has 0 saturated carbocycles. The van der Waals surface area contributed by atoms with E-state index in [2.05, 4.69) is 5.32 Å². The first-order valence-corrected chi connectivity index (χ1v) is 8.41. The molecule has 0 unspecified atom stereocenters. The Morgan fingerprint density at radius 3 is 2.13 bits per heavy atom. The average molecular weight is 255 g/mol. The Kier molecular flexibility index (Phi) is 4.13. The summed E-state index contributed by atoms with van der Waals surface area (Å²) in [6, 6.07) is 0. The monoisotopic (exact) mass is 255 g/mol. The van der Waals surface area contributed by atoms with Crippen LogP contribution in [0.3, 0.4) is 0 Å². The Morgan fingerprint density at radius 2 is 1.67 bits per heavy atom. The van der Waals surface area contributed by atoms with Gasteiger partial charge in [-0.2, -0.15) is 0 Å². The molecule has 0 aromatic heterocycles. The van der Waals surface area contributed by atoms with E-state index in [1.165, 1.54) is 0 Å². The molecular weight excluding hydrogens is 238 g/mol. The molecule has 15 heavy (non-hydrogen) atoms. The SMILES string of the molecule is CNCCCC1S(=O)(=O)CCCS1(=O)=O. The Bertz CT molecular complexity index is 364. The highest BCUT2D eigenvalue weighted by Gasteiger charge is 2.40. The predicted molar refractivity (Wildman–Crippen MR) is 59.1 cm³/mol. The minimum Gasteiger partial charge on any atom is -0.320 e. The van der Waals surface area contributed by atoms with Gasteiger partial charge < -0.3 is 5.32 Å². The molecule has 0 atom stereocenters. The number of sulfone groups is 2. The van der Waals surface area contributed by atoms with Gasteiger partial charge in [-0.05, 0) is 32.9 Å². The third kappa shape index (κ3) is 3.15. The normalized spacial score (nSPS) is 25.1. The molecule has 90 valence electrons. The second-order valence-electron chi connectivity index (χ2n) is 3.76. The molecule has 0 aliphatic carbocycles. The van der Waals surface area contributed by atoms with Crippen LogP contribution in [0.1, 0.15) is 19.3 Å². The maximum absolute atomic E-state index is 11.6. The highest BCUT2D eigenvalue weighted by atomic mass is 32.3. The van der Waals surface area contributed by atoms with Crippen LogP contribution in [0, 0.1) is 0 Å². The van der Waals surface area contributed by atoms with E-state index in [1.807, 2.05) is 0 Å². The molecule has 0 aromatic rings. The van der Waals surface area contributed by atoms with E-state index in [1.54, 1.807) is 7.05 Å². The van der Waals surface area contributed by atoms with Crippen molar-refractivity contribution in [2.24, 2.45) is 0 Å². The summed E-state index contributed by atoms with van der Waals surface area (Å²) in [5.41, 5.74) is 0. The van der Waals surface area contributed by atoms with E-state index < -0.39 is 24.3 Å². The fraction of sp³-hybridized carbons (Fsp3) is 1.00. The fourth-order valence-corrected chi connectivity index (χ4v) is 6.97. The third-order valence-electron chi connectivity index (χ3n) is 2.53. The summed E-state index contributed by atoms with van der Waals surface area (Å²) >= 11 is 0. The molecule has 0 spiro atoms. The number of nitrogens with one attached hydrogen (secondary N) is 1. The van der Waals surface area contributed by atoms with E-state index in [9.17, 15) is 16.8 Å². The Balaban J connectivity index is 2.79. The van der Waals surface area contributed by atoms with Crippen molar-refractivity contribution in [1.82, 2.24) is 5.32 Å². The summed E-state index contributed by atoms with van der Waals surface area (Å²) in [4.78, 5) is 0. The Labute approximate surface area is 91.1 Å². The zero-order chi connectivity index (χ0) is 11.5. The quantitative estimate of drug-likeness (QED) is 0.688. The summed E-state index contributed by atoms with van der Waals surface area (Å²) in [6.45, 7) is 0.640. The van der Waals surface area contributed by atoms with Gasteiger partial charge in [0.1, 0.15) is 0 Å². The molecule has 1 aliphatic rings. The number of hydrogen-bond donors (Lipinski definition) is 1. The second-order valence-corrected chi connectivity index (χ2v) is 8.67. The molecule has 1 aliphatic heterocycles.